The van der Waals surface area contributed by atoms with E-state index in [1.807, 2.05) is 0 Å². The highest BCUT2D eigenvalue weighted by Gasteiger charge is 2.31. The van der Waals surface area contributed by atoms with Crippen LogP contribution in [0.15, 0.2) is 24.4 Å². The van der Waals surface area contributed by atoms with E-state index in [9.17, 15) is 9.90 Å². The highest BCUT2D eigenvalue weighted by molar-refractivity contribution is 7.12. The van der Waals surface area contributed by atoms with Crippen LogP contribution < -0.4 is 9.47 Å². The number of fused-ring (bicyclic) bond motifs is 1. The summed E-state index contributed by atoms with van der Waals surface area (Å²) in [4.78, 5) is 19.7. The molecule has 1 aliphatic rings. The summed E-state index contributed by atoms with van der Waals surface area (Å²) in [5, 5.41) is 11.7. The van der Waals surface area contributed by atoms with Gasteiger partial charge in [0.1, 0.15) is 17.6 Å². The fourth-order valence-corrected chi connectivity index (χ4v) is 4.09. The zero-order valence-corrected chi connectivity index (χ0v) is 17.7. The average Bonchev–Trinajstić information content (AvgIpc) is 3.14. The van der Waals surface area contributed by atoms with Crippen molar-refractivity contribution in [2.24, 2.45) is 0 Å². The second-order valence-electron chi connectivity index (χ2n) is 7.75. The maximum Gasteiger partial charge on any atom is 0.247 e. The summed E-state index contributed by atoms with van der Waals surface area (Å²) >= 11 is 1.57. The molecule has 2 aromatic rings. The molecular weight excluding hydrogens is 376 g/mol. The molecule has 1 amide bonds. The molecule has 1 atom stereocenters. The Bertz CT molecular complexity index is 898. The quantitative estimate of drug-likeness (QED) is 0.792. The van der Waals surface area contributed by atoms with Crippen LogP contribution in [0, 0.1) is 0 Å². The Morgan fingerprint density at radius 3 is 2.57 bits per heavy atom. The third-order valence-corrected chi connectivity index (χ3v) is 6.04. The van der Waals surface area contributed by atoms with Gasteiger partial charge in [0.05, 0.1) is 32.3 Å². The number of aromatic nitrogens is 1. The van der Waals surface area contributed by atoms with Gasteiger partial charge >= 0.3 is 0 Å². The topological polar surface area (TPSA) is 71.9 Å². The number of ether oxygens (including phenoxy) is 2. The largest absolute Gasteiger partial charge is 0.496 e. The number of aliphatic hydroxyl groups excluding tert-OH is 1. The van der Waals surface area contributed by atoms with Gasteiger partial charge < -0.3 is 19.5 Å². The van der Waals surface area contributed by atoms with Crippen molar-refractivity contribution in [3.8, 4) is 11.5 Å². The summed E-state index contributed by atoms with van der Waals surface area (Å²) in [6.45, 7) is 6.89. The Morgan fingerprint density at radius 2 is 1.96 bits per heavy atom. The van der Waals surface area contributed by atoms with E-state index in [1.165, 1.54) is 6.08 Å². The van der Waals surface area contributed by atoms with Gasteiger partial charge in [-0.25, -0.2) is 4.98 Å². The van der Waals surface area contributed by atoms with Gasteiger partial charge in [0.15, 0.2) is 0 Å². The van der Waals surface area contributed by atoms with E-state index in [2.05, 4.69) is 25.8 Å². The molecule has 0 saturated carbocycles. The van der Waals surface area contributed by atoms with Gasteiger partial charge in [0.25, 0.3) is 0 Å². The number of hydrogen-bond donors (Lipinski definition) is 1. The van der Waals surface area contributed by atoms with Gasteiger partial charge in [0.2, 0.25) is 5.91 Å². The van der Waals surface area contributed by atoms with Crippen molar-refractivity contribution in [1.82, 2.24) is 9.88 Å². The molecule has 3 rings (SSSR count). The lowest BCUT2D eigenvalue weighted by atomic mass is 9.95. The SMILES string of the molecule is COc1ccc(OC)c2c1CN(C(=O)/C=C/c1cnc(C(C)(C)C)s1)CC2O. The van der Waals surface area contributed by atoms with E-state index in [-0.39, 0.29) is 17.9 Å². The van der Waals surface area contributed by atoms with Crippen LogP contribution in [0.2, 0.25) is 0 Å². The number of amides is 1. The van der Waals surface area contributed by atoms with Crippen LogP contribution in [-0.2, 0) is 16.8 Å². The summed E-state index contributed by atoms with van der Waals surface area (Å²) in [7, 11) is 3.14. The summed E-state index contributed by atoms with van der Waals surface area (Å²) in [5.74, 6) is 1.07. The van der Waals surface area contributed by atoms with Gasteiger partial charge in [-0.3, -0.25) is 4.79 Å². The number of carbonyl (C=O) groups excluding carboxylic acids is 1. The van der Waals surface area contributed by atoms with Crippen LogP contribution >= 0.6 is 11.3 Å². The van der Waals surface area contributed by atoms with Crippen LogP contribution in [0.5, 0.6) is 11.5 Å². The minimum atomic E-state index is -0.831. The number of nitrogens with zero attached hydrogens (tertiary/aromatic N) is 2. The molecule has 0 bridgehead atoms. The van der Waals surface area contributed by atoms with Gasteiger partial charge in [-0.15, -0.1) is 11.3 Å². The molecular formula is C21H26N2O4S. The lowest BCUT2D eigenvalue weighted by Gasteiger charge is -2.33. The minimum absolute atomic E-state index is 0.0168. The van der Waals surface area contributed by atoms with Gasteiger partial charge in [-0.05, 0) is 18.2 Å². The van der Waals surface area contributed by atoms with Gasteiger partial charge in [0, 0.05) is 33.7 Å². The Labute approximate surface area is 169 Å². The summed E-state index contributed by atoms with van der Waals surface area (Å²) in [6, 6.07) is 3.56. The Balaban J connectivity index is 1.80. The smallest absolute Gasteiger partial charge is 0.247 e. The first-order chi connectivity index (χ1) is 13.2. The monoisotopic (exact) mass is 402 g/mol. The van der Waals surface area contributed by atoms with E-state index < -0.39 is 6.10 Å². The normalized spacial score (nSPS) is 16.9. The fourth-order valence-electron chi connectivity index (χ4n) is 3.21. The Morgan fingerprint density at radius 1 is 1.29 bits per heavy atom. The number of benzene rings is 1. The van der Waals surface area contributed by atoms with E-state index in [4.69, 9.17) is 9.47 Å². The molecule has 7 heteroatoms. The summed E-state index contributed by atoms with van der Waals surface area (Å²) in [6.07, 6.45) is 4.26. The molecule has 1 unspecified atom stereocenters. The van der Waals surface area contributed by atoms with Gasteiger partial charge in [-0.2, -0.15) is 0 Å². The molecule has 1 aliphatic heterocycles. The highest BCUT2D eigenvalue weighted by Crippen LogP contribution is 2.39. The number of thiazole rings is 1. The van der Waals surface area contributed by atoms with E-state index in [1.54, 1.807) is 54.9 Å². The first-order valence-electron chi connectivity index (χ1n) is 9.09. The first kappa shape index (κ1) is 20.4. The molecule has 1 aromatic carbocycles. The van der Waals surface area contributed by atoms with E-state index in [0.29, 0.717) is 23.6 Å². The Hall–Kier alpha value is -2.38. The maximum atomic E-state index is 12.7. The van der Waals surface area contributed by atoms with Crippen LogP contribution in [0.4, 0.5) is 0 Å². The first-order valence-corrected chi connectivity index (χ1v) is 9.91. The molecule has 28 heavy (non-hydrogen) atoms. The lowest BCUT2D eigenvalue weighted by molar-refractivity contribution is -0.128. The van der Waals surface area contributed by atoms with E-state index in [0.717, 1.165) is 15.4 Å². The fraction of sp³-hybridized carbons (Fsp3) is 0.429. The third-order valence-electron chi connectivity index (χ3n) is 4.66. The van der Waals surface area contributed by atoms with Crippen molar-refractivity contribution in [3.63, 3.8) is 0 Å². The molecule has 0 aliphatic carbocycles. The van der Waals surface area contributed by atoms with Crippen LogP contribution in [0.3, 0.4) is 0 Å². The number of methoxy groups -OCH3 is 2. The predicted octanol–water partition coefficient (Wildman–Crippen LogP) is 3.55. The number of carbonyl (C=O) groups is 1. The number of β-amino-alcohol motifs (C(OH)–C–C–N with tert-alkyl or cyclic N) is 1. The second-order valence-corrected chi connectivity index (χ2v) is 8.81. The average molecular weight is 403 g/mol. The maximum absolute atomic E-state index is 12.7. The predicted molar refractivity (Wildman–Crippen MR) is 110 cm³/mol. The summed E-state index contributed by atoms with van der Waals surface area (Å²) in [5.41, 5.74) is 1.44. The molecule has 0 spiro atoms. The standard InChI is InChI=1S/C21H26N2O4S/c1-21(2,3)20-22-10-13(28-20)6-9-18(25)23-11-14-16(26-4)7-8-17(27-5)19(14)15(24)12-23/h6-10,15,24H,11-12H2,1-5H3/b9-6+. The molecule has 0 saturated heterocycles. The minimum Gasteiger partial charge on any atom is -0.496 e. The molecule has 6 nitrogen and oxygen atoms in total. The Kier molecular flexibility index (Phi) is 5.76. The summed E-state index contributed by atoms with van der Waals surface area (Å²) < 4.78 is 10.8. The zero-order chi connectivity index (χ0) is 20.5. The third kappa shape index (κ3) is 4.05. The van der Waals surface area contributed by atoms with Crippen molar-refractivity contribution in [2.75, 3.05) is 20.8 Å². The molecule has 0 radical (unpaired) electrons. The van der Waals surface area contributed by atoms with Crippen molar-refractivity contribution in [3.05, 3.63) is 45.4 Å². The highest BCUT2D eigenvalue weighted by atomic mass is 32.1. The van der Waals surface area contributed by atoms with Crippen LogP contribution in [0.1, 0.15) is 47.9 Å². The zero-order valence-electron chi connectivity index (χ0n) is 16.9. The van der Waals surface area contributed by atoms with Crippen molar-refractivity contribution >= 4 is 23.3 Å². The van der Waals surface area contributed by atoms with Crippen molar-refractivity contribution in [2.45, 2.75) is 38.8 Å². The number of rotatable bonds is 4. The lowest BCUT2D eigenvalue weighted by Crippen LogP contribution is -2.37. The number of aliphatic hydroxyl groups is 1. The molecule has 2 heterocycles. The molecule has 1 N–H and O–H groups in total. The van der Waals surface area contributed by atoms with E-state index >= 15 is 0 Å². The van der Waals surface area contributed by atoms with Crippen LogP contribution in [-0.4, -0.2) is 41.7 Å². The second kappa shape index (κ2) is 7.93. The number of hydrogen-bond acceptors (Lipinski definition) is 6. The molecule has 150 valence electrons. The molecule has 1 aromatic heterocycles. The molecule has 0 fully saturated rings. The van der Waals surface area contributed by atoms with Crippen molar-refractivity contribution in [1.29, 1.82) is 0 Å². The van der Waals surface area contributed by atoms with Crippen LogP contribution in [0.25, 0.3) is 6.08 Å². The van der Waals surface area contributed by atoms with Gasteiger partial charge in [-0.1, -0.05) is 20.8 Å². The van der Waals surface area contributed by atoms with Crippen molar-refractivity contribution < 1.29 is 19.4 Å².